The second-order valence-corrected chi connectivity index (χ2v) is 11.5. The number of carbonyl (C=O) groups excluding carboxylic acids is 1. The first-order valence-electron chi connectivity index (χ1n) is 13.3. The lowest BCUT2D eigenvalue weighted by Gasteiger charge is -2.38. The van der Waals surface area contributed by atoms with Crippen LogP contribution in [0.4, 0.5) is 10.5 Å². The molecular formula is C29H29Cl2N3O5. The summed E-state index contributed by atoms with van der Waals surface area (Å²) in [5, 5.41) is 17.6. The number of nitrogens with zero attached hydrogens (tertiary/aromatic N) is 2. The van der Waals surface area contributed by atoms with Crippen molar-refractivity contribution < 1.29 is 24.0 Å². The van der Waals surface area contributed by atoms with Crippen LogP contribution < -0.4 is 5.32 Å². The van der Waals surface area contributed by atoms with Gasteiger partial charge in [0.05, 0.1) is 28.3 Å². The van der Waals surface area contributed by atoms with Crippen LogP contribution in [-0.4, -0.2) is 45.4 Å². The summed E-state index contributed by atoms with van der Waals surface area (Å²) in [5.74, 6) is 0.208. The summed E-state index contributed by atoms with van der Waals surface area (Å²) in [4.78, 5) is 26.4. The fraction of sp³-hybridized carbons (Fsp3) is 0.414. The second kappa shape index (κ2) is 10.5. The molecule has 0 radical (unpaired) electrons. The highest BCUT2D eigenvalue weighted by atomic mass is 35.5. The van der Waals surface area contributed by atoms with Gasteiger partial charge in [0.1, 0.15) is 11.5 Å². The van der Waals surface area contributed by atoms with Crippen LogP contribution in [0.5, 0.6) is 0 Å². The van der Waals surface area contributed by atoms with Gasteiger partial charge in [-0.15, -0.1) is 0 Å². The zero-order valence-corrected chi connectivity index (χ0v) is 23.0. The molecule has 1 saturated carbocycles. The van der Waals surface area contributed by atoms with Crippen molar-refractivity contribution in [2.45, 2.75) is 76.2 Å². The van der Waals surface area contributed by atoms with Crippen molar-refractivity contribution in [3.8, 4) is 11.3 Å². The maximum absolute atomic E-state index is 13.3. The number of carbonyl (C=O) groups is 2. The van der Waals surface area contributed by atoms with Crippen LogP contribution in [0, 0.1) is 6.92 Å². The van der Waals surface area contributed by atoms with Crippen LogP contribution in [0.25, 0.3) is 11.3 Å². The predicted molar refractivity (Wildman–Crippen MR) is 148 cm³/mol. The second-order valence-electron chi connectivity index (χ2n) is 10.7. The number of urea groups is 1. The first-order valence-corrected chi connectivity index (χ1v) is 14.0. The van der Waals surface area contributed by atoms with Crippen molar-refractivity contribution in [2.75, 3.05) is 5.32 Å². The SMILES string of the molecule is Cc1cc(C(=O)O)ccc1NC(=O)N1C2CC[C@H]1CC(OCc1c(-c3c(Cl)cccc3Cl)noc1C1CC1)C2. The lowest BCUT2D eigenvalue weighted by molar-refractivity contribution is -0.0158. The van der Waals surface area contributed by atoms with Gasteiger partial charge in [-0.3, -0.25) is 0 Å². The van der Waals surface area contributed by atoms with Gasteiger partial charge in [-0.2, -0.15) is 0 Å². The molecule has 3 aromatic rings. The van der Waals surface area contributed by atoms with Gasteiger partial charge >= 0.3 is 12.0 Å². The number of hydrogen-bond donors (Lipinski definition) is 2. The Labute approximate surface area is 236 Å². The highest BCUT2D eigenvalue weighted by Crippen LogP contribution is 2.46. The number of rotatable bonds is 7. The molecule has 39 heavy (non-hydrogen) atoms. The van der Waals surface area contributed by atoms with E-state index in [0.717, 1.165) is 49.8 Å². The monoisotopic (exact) mass is 569 g/mol. The van der Waals surface area contributed by atoms with Crippen LogP contribution >= 0.6 is 23.2 Å². The summed E-state index contributed by atoms with van der Waals surface area (Å²) < 4.78 is 12.2. The molecule has 1 aliphatic carbocycles. The van der Waals surface area contributed by atoms with Gasteiger partial charge in [0.25, 0.3) is 0 Å². The molecule has 2 amide bonds. The number of halogens is 2. The Morgan fingerprint density at radius 3 is 2.41 bits per heavy atom. The number of benzene rings is 2. The molecule has 2 N–H and O–H groups in total. The molecule has 6 rings (SSSR count). The number of amides is 2. The van der Waals surface area contributed by atoms with Crippen LogP contribution in [-0.2, 0) is 11.3 Å². The Morgan fingerprint density at radius 2 is 1.79 bits per heavy atom. The number of carboxylic acids is 1. The van der Waals surface area contributed by atoms with E-state index < -0.39 is 5.97 Å². The highest BCUT2D eigenvalue weighted by Gasteiger charge is 2.44. The van der Waals surface area contributed by atoms with Gasteiger partial charge in [0, 0.05) is 34.8 Å². The number of carboxylic acid groups (broad SMARTS) is 1. The van der Waals surface area contributed by atoms with Crippen LogP contribution in [0.15, 0.2) is 40.9 Å². The summed E-state index contributed by atoms with van der Waals surface area (Å²) in [7, 11) is 0. The Bertz CT molecular complexity index is 1400. The number of aryl methyl sites for hydroxylation is 1. The van der Waals surface area contributed by atoms with Crippen molar-refractivity contribution in [1.82, 2.24) is 10.1 Å². The van der Waals surface area contributed by atoms with E-state index >= 15 is 0 Å². The molecule has 2 bridgehead atoms. The highest BCUT2D eigenvalue weighted by molar-refractivity contribution is 6.39. The average Bonchev–Trinajstić information content (AvgIpc) is 3.60. The number of ether oxygens (including phenoxy) is 1. The number of anilines is 1. The molecule has 8 nitrogen and oxygen atoms in total. The smallest absolute Gasteiger partial charge is 0.335 e. The van der Waals surface area contributed by atoms with Crippen molar-refractivity contribution in [1.29, 1.82) is 0 Å². The van der Waals surface area contributed by atoms with Crippen molar-refractivity contribution in [3.05, 3.63) is 68.9 Å². The number of nitrogens with one attached hydrogen (secondary N) is 1. The first kappa shape index (κ1) is 26.2. The summed E-state index contributed by atoms with van der Waals surface area (Å²) in [5.41, 5.74) is 3.73. The van der Waals surface area contributed by atoms with E-state index in [1.54, 1.807) is 37.3 Å². The number of fused-ring (bicyclic) bond motifs is 2. The van der Waals surface area contributed by atoms with Gasteiger partial charge in [-0.25, -0.2) is 9.59 Å². The van der Waals surface area contributed by atoms with E-state index in [1.807, 2.05) is 4.90 Å². The van der Waals surface area contributed by atoms with E-state index in [9.17, 15) is 14.7 Å². The summed E-state index contributed by atoms with van der Waals surface area (Å²) >= 11 is 13.0. The molecule has 2 aliphatic heterocycles. The topological polar surface area (TPSA) is 105 Å². The Morgan fingerprint density at radius 1 is 1.10 bits per heavy atom. The molecule has 3 aliphatic rings. The van der Waals surface area contributed by atoms with E-state index in [2.05, 4.69) is 10.5 Å². The number of hydrogen-bond acceptors (Lipinski definition) is 5. The van der Waals surface area contributed by atoms with Crippen molar-refractivity contribution in [3.63, 3.8) is 0 Å². The molecule has 3 heterocycles. The van der Waals surface area contributed by atoms with E-state index in [0.29, 0.717) is 45.1 Å². The number of aromatic carboxylic acids is 1. The molecule has 1 aromatic heterocycles. The Hall–Kier alpha value is -3.07. The zero-order valence-electron chi connectivity index (χ0n) is 21.5. The maximum Gasteiger partial charge on any atom is 0.335 e. The van der Waals surface area contributed by atoms with E-state index in [-0.39, 0.29) is 29.8 Å². The minimum Gasteiger partial charge on any atom is -0.478 e. The third kappa shape index (κ3) is 5.13. The van der Waals surface area contributed by atoms with Gasteiger partial charge in [0.2, 0.25) is 0 Å². The van der Waals surface area contributed by atoms with Gasteiger partial charge < -0.3 is 24.6 Å². The first-order chi connectivity index (χ1) is 18.8. The third-order valence-electron chi connectivity index (χ3n) is 8.07. The Balaban J connectivity index is 1.14. The van der Waals surface area contributed by atoms with Gasteiger partial charge in [0.15, 0.2) is 0 Å². The average molecular weight is 570 g/mol. The quantitative estimate of drug-likeness (QED) is 0.310. The molecule has 2 saturated heterocycles. The fourth-order valence-corrected chi connectivity index (χ4v) is 6.54. The van der Waals surface area contributed by atoms with E-state index in [4.69, 9.17) is 32.5 Å². The third-order valence-corrected chi connectivity index (χ3v) is 8.70. The summed E-state index contributed by atoms with van der Waals surface area (Å²) in [6.07, 6.45) is 5.47. The Kier molecular flexibility index (Phi) is 7.04. The molecule has 2 aromatic carbocycles. The molecule has 3 atom stereocenters. The minimum atomic E-state index is -0.992. The van der Waals surface area contributed by atoms with E-state index in [1.165, 1.54) is 6.07 Å². The molecule has 2 unspecified atom stereocenters. The van der Waals surface area contributed by atoms with Crippen molar-refractivity contribution in [2.24, 2.45) is 0 Å². The lowest BCUT2D eigenvalue weighted by Crippen LogP contribution is -2.50. The maximum atomic E-state index is 13.3. The normalized spacial score (nSPS) is 22.2. The molecular weight excluding hydrogens is 541 g/mol. The number of aromatic nitrogens is 1. The fourth-order valence-electron chi connectivity index (χ4n) is 5.96. The standard InChI is InChI=1S/C29H29Cl2N3O5/c1-15-11-17(28(35)36)7-10-24(15)32-29(37)34-18-8-9-19(34)13-20(12-18)38-14-21-26(33-39-27(21)16-5-6-16)25-22(30)3-2-4-23(25)31/h2-4,7,10-11,16,18-20H,5-6,8-9,12-14H2,1H3,(H,32,37)(H,35,36)/t18-,19?,20?/m0/s1. The largest absolute Gasteiger partial charge is 0.478 e. The molecule has 0 spiro atoms. The van der Waals surface area contributed by atoms with Crippen LogP contribution in [0.2, 0.25) is 10.0 Å². The molecule has 3 fully saturated rings. The lowest BCUT2D eigenvalue weighted by atomic mass is 9.99. The predicted octanol–water partition coefficient (Wildman–Crippen LogP) is 7.28. The molecule has 10 heteroatoms. The van der Waals surface area contributed by atoms with Crippen molar-refractivity contribution >= 4 is 40.9 Å². The minimum absolute atomic E-state index is 0.000318. The molecule has 204 valence electrons. The van der Waals surface area contributed by atoms with Gasteiger partial charge in [-0.1, -0.05) is 34.4 Å². The zero-order chi connectivity index (χ0) is 27.3. The summed E-state index contributed by atoms with van der Waals surface area (Å²) in [6, 6.07) is 10.1. The van der Waals surface area contributed by atoms with Crippen LogP contribution in [0.1, 0.15) is 71.7 Å². The van der Waals surface area contributed by atoms with Crippen LogP contribution in [0.3, 0.4) is 0 Å². The van der Waals surface area contributed by atoms with Gasteiger partial charge in [-0.05, 0) is 81.3 Å². The summed E-state index contributed by atoms with van der Waals surface area (Å²) in [6.45, 7) is 2.14. The number of piperidine rings is 1.